The molecule has 1 aromatic carbocycles. The molecular weight excluding hydrogens is 184 g/mol. The Labute approximate surface area is 91.8 Å². The maximum atomic E-state index is 5.70. The summed E-state index contributed by atoms with van der Waals surface area (Å²) in [5, 5.41) is 0. The zero-order chi connectivity index (χ0) is 10.7. The summed E-state index contributed by atoms with van der Waals surface area (Å²) in [5.74, 6) is 6.42. The molecule has 0 aliphatic heterocycles. The normalized spacial score (nSPS) is 19.3. The van der Waals surface area contributed by atoms with Gasteiger partial charge >= 0.3 is 0 Å². The second-order valence-corrected chi connectivity index (χ2v) is 4.55. The topological polar surface area (TPSA) is 38.0 Å². The Balaban J connectivity index is 2.22. The van der Waals surface area contributed by atoms with E-state index in [1.807, 2.05) is 0 Å². The number of nitrogens with one attached hydrogen (secondary N) is 1. The number of aryl methyl sites for hydroxylation is 1. The number of rotatable bonds is 3. The first-order chi connectivity index (χ1) is 7.33. The summed E-state index contributed by atoms with van der Waals surface area (Å²) >= 11 is 0. The molecule has 15 heavy (non-hydrogen) atoms. The summed E-state index contributed by atoms with van der Waals surface area (Å²) in [7, 11) is 0. The van der Waals surface area contributed by atoms with Crippen LogP contribution < -0.4 is 11.3 Å². The van der Waals surface area contributed by atoms with Crippen LogP contribution in [0.2, 0.25) is 0 Å². The minimum Gasteiger partial charge on any atom is -0.271 e. The smallest absolute Gasteiger partial charge is 0.0490 e. The quantitative estimate of drug-likeness (QED) is 0.587. The van der Waals surface area contributed by atoms with E-state index in [1.165, 1.54) is 36.8 Å². The Morgan fingerprint density at radius 2 is 1.93 bits per heavy atom. The van der Waals surface area contributed by atoms with Gasteiger partial charge in [-0.2, -0.15) is 0 Å². The molecule has 0 saturated heterocycles. The van der Waals surface area contributed by atoms with E-state index in [4.69, 9.17) is 5.84 Å². The van der Waals surface area contributed by atoms with Crippen LogP contribution in [0.4, 0.5) is 0 Å². The zero-order valence-electron chi connectivity index (χ0n) is 9.37. The molecule has 1 unspecified atom stereocenters. The van der Waals surface area contributed by atoms with Crippen molar-refractivity contribution < 1.29 is 0 Å². The third-order valence-corrected chi connectivity index (χ3v) is 3.57. The van der Waals surface area contributed by atoms with Crippen molar-refractivity contribution in [2.24, 2.45) is 11.8 Å². The maximum absolute atomic E-state index is 5.70. The lowest BCUT2D eigenvalue weighted by Crippen LogP contribution is -2.33. The molecule has 0 aromatic heterocycles. The molecule has 0 bridgehead atoms. The molecule has 1 saturated carbocycles. The lowest BCUT2D eigenvalue weighted by molar-refractivity contribution is 0.372. The highest BCUT2D eigenvalue weighted by Gasteiger charge is 2.25. The Kier molecular flexibility index (Phi) is 3.39. The third-order valence-electron chi connectivity index (χ3n) is 3.57. The lowest BCUT2D eigenvalue weighted by atomic mass is 9.90. The molecule has 1 fully saturated rings. The van der Waals surface area contributed by atoms with Gasteiger partial charge in [-0.15, -0.1) is 0 Å². The van der Waals surface area contributed by atoms with E-state index in [2.05, 4.69) is 36.6 Å². The summed E-state index contributed by atoms with van der Waals surface area (Å²) in [5.41, 5.74) is 5.71. The van der Waals surface area contributed by atoms with Gasteiger partial charge in [0.05, 0.1) is 0 Å². The standard InChI is InChI=1S/C13H20N2/c1-10-6-2-5-9-12(10)13(15-14)11-7-3-4-8-11/h2,5-6,9,11,13,15H,3-4,7-8,14H2,1H3. The predicted molar refractivity (Wildman–Crippen MR) is 63.2 cm³/mol. The molecule has 0 amide bonds. The fraction of sp³-hybridized carbons (Fsp3) is 0.538. The third kappa shape index (κ3) is 2.21. The number of nitrogens with two attached hydrogens (primary N) is 1. The molecule has 82 valence electrons. The van der Waals surface area contributed by atoms with Crippen LogP contribution >= 0.6 is 0 Å². The molecule has 2 rings (SSSR count). The van der Waals surface area contributed by atoms with Gasteiger partial charge in [-0.05, 0) is 36.8 Å². The van der Waals surface area contributed by atoms with Crippen molar-refractivity contribution in [2.75, 3.05) is 0 Å². The molecule has 1 atom stereocenters. The van der Waals surface area contributed by atoms with Crippen molar-refractivity contribution in [1.82, 2.24) is 5.43 Å². The second kappa shape index (κ2) is 4.77. The zero-order valence-corrected chi connectivity index (χ0v) is 9.37. The van der Waals surface area contributed by atoms with E-state index in [-0.39, 0.29) is 0 Å². The van der Waals surface area contributed by atoms with E-state index >= 15 is 0 Å². The second-order valence-electron chi connectivity index (χ2n) is 4.55. The van der Waals surface area contributed by atoms with E-state index in [9.17, 15) is 0 Å². The number of benzene rings is 1. The van der Waals surface area contributed by atoms with Crippen LogP contribution in [0.1, 0.15) is 42.9 Å². The van der Waals surface area contributed by atoms with Crippen molar-refractivity contribution >= 4 is 0 Å². The number of hydrazine groups is 1. The Hall–Kier alpha value is -0.860. The van der Waals surface area contributed by atoms with Gasteiger partial charge in [-0.1, -0.05) is 37.1 Å². The van der Waals surface area contributed by atoms with Crippen LogP contribution in [0.15, 0.2) is 24.3 Å². The Morgan fingerprint density at radius 1 is 1.27 bits per heavy atom. The highest BCUT2D eigenvalue weighted by molar-refractivity contribution is 5.29. The fourth-order valence-corrected chi connectivity index (χ4v) is 2.71. The van der Waals surface area contributed by atoms with Crippen molar-refractivity contribution in [2.45, 2.75) is 38.6 Å². The van der Waals surface area contributed by atoms with Gasteiger partial charge in [0, 0.05) is 6.04 Å². The summed E-state index contributed by atoms with van der Waals surface area (Å²) in [6.45, 7) is 2.16. The van der Waals surface area contributed by atoms with Gasteiger partial charge in [0.25, 0.3) is 0 Å². The van der Waals surface area contributed by atoms with Crippen LogP contribution in [-0.4, -0.2) is 0 Å². The van der Waals surface area contributed by atoms with Crippen molar-refractivity contribution in [3.8, 4) is 0 Å². The summed E-state index contributed by atoms with van der Waals surface area (Å²) < 4.78 is 0. The van der Waals surface area contributed by atoms with Crippen LogP contribution in [-0.2, 0) is 0 Å². The predicted octanol–water partition coefficient (Wildman–Crippen LogP) is 2.69. The molecule has 3 N–H and O–H groups in total. The average molecular weight is 204 g/mol. The Bertz CT molecular complexity index is 316. The monoisotopic (exact) mass is 204 g/mol. The van der Waals surface area contributed by atoms with Crippen molar-refractivity contribution in [3.63, 3.8) is 0 Å². The van der Waals surface area contributed by atoms with Crippen molar-refractivity contribution in [1.29, 1.82) is 0 Å². The van der Waals surface area contributed by atoms with Crippen molar-refractivity contribution in [3.05, 3.63) is 35.4 Å². The maximum Gasteiger partial charge on any atom is 0.0490 e. The molecular formula is C13H20N2. The van der Waals surface area contributed by atoms with E-state index in [0.29, 0.717) is 6.04 Å². The van der Waals surface area contributed by atoms with Gasteiger partial charge in [0.1, 0.15) is 0 Å². The summed E-state index contributed by atoms with van der Waals surface area (Å²) in [6, 6.07) is 8.88. The molecule has 2 heteroatoms. The van der Waals surface area contributed by atoms with Crippen LogP contribution in [0.3, 0.4) is 0 Å². The first kappa shape index (κ1) is 10.7. The van der Waals surface area contributed by atoms with Crippen LogP contribution in [0.5, 0.6) is 0 Å². The average Bonchev–Trinajstić information content (AvgIpc) is 2.75. The van der Waals surface area contributed by atoms with Gasteiger partial charge in [-0.25, -0.2) is 0 Å². The van der Waals surface area contributed by atoms with Gasteiger partial charge in [0.15, 0.2) is 0 Å². The SMILES string of the molecule is Cc1ccccc1C(NN)C1CCCC1. The molecule has 0 spiro atoms. The molecule has 1 aliphatic rings. The van der Waals surface area contributed by atoms with Gasteiger partial charge in [0.2, 0.25) is 0 Å². The van der Waals surface area contributed by atoms with E-state index in [0.717, 1.165) is 5.92 Å². The minimum absolute atomic E-state index is 0.341. The first-order valence-electron chi connectivity index (χ1n) is 5.84. The Morgan fingerprint density at radius 3 is 2.53 bits per heavy atom. The summed E-state index contributed by atoms with van der Waals surface area (Å²) in [6.07, 6.45) is 5.33. The van der Waals surface area contributed by atoms with Crippen LogP contribution in [0, 0.1) is 12.8 Å². The molecule has 2 nitrogen and oxygen atoms in total. The van der Waals surface area contributed by atoms with Crippen LogP contribution in [0.25, 0.3) is 0 Å². The molecule has 0 heterocycles. The van der Waals surface area contributed by atoms with Gasteiger partial charge < -0.3 is 0 Å². The largest absolute Gasteiger partial charge is 0.271 e. The molecule has 1 aromatic rings. The fourth-order valence-electron chi connectivity index (χ4n) is 2.71. The first-order valence-corrected chi connectivity index (χ1v) is 5.84. The minimum atomic E-state index is 0.341. The summed E-state index contributed by atoms with van der Waals surface area (Å²) in [4.78, 5) is 0. The highest BCUT2D eigenvalue weighted by atomic mass is 15.2. The van der Waals surface area contributed by atoms with E-state index in [1.54, 1.807) is 0 Å². The number of hydrogen-bond acceptors (Lipinski definition) is 2. The van der Waals surface area contributed by atoms with Gasteiger partial charge in [-0.3, -0.25) is 11.3 Å². The highest BCUT2D eigenvalue weighted by Crippen LogP contribution is 2.36. The number of hydrogen-bond donors (Lipinski definition) is 2. The molecule has 1 aliphatic carbocycles. The molecule has 0 radical (unpaired) electrons. The lowest BCUT2D eigenvalue weighted by Gasteiger charge is -2.24. The van der Waals surface area contributed by atoms with E-state index < -0.39 is 0 Å².